The molecule has 58 heavy (non-hydrogen) atoms. The van der Waals surface area contributed by atoms with Gasteiger partial charge in [-0.1, -0.05) is 152 Å². The smallest absolute Gasteiger partial charge is 0.184 e. The zero-order valence-corrected chi connectivity index (χ0v) is 32.4. The molecule has 0 spiro atoms. The Kier molecular flexibility index (Phi) is 6.47. The molecule has 0 radical (unpaired) electrons. The fourth-order valence-electron chi connectivity index (χ4n) is 10.4. The topological polar surface area (TPSA) is 23.0 Å². The zero-order chi connectivity index (χ0) is 38.0. The predicted molar refractivity (Wildman–Crippen MR) is 245 cm³/mol. The molecule has 4 heterocycles. The standard InChI is InChI=1S/C54H34N2OSi/c1-3-14-38(15-4-1)58(39-16-5-2-6-17-39)52-24-12-10-22-48(52)56-49-33-36(26-29-41(49)44-20-13-25-53(58)54(44)56)35-27-31-47-45(32-35)40-18-7-9-21-46(40)55(47)37-28-30-43-42-19-8-11-23-50(42)57-51(43)34-37/h1-34H. The van der Waals surface area contributed by atoms with Crippen LogP contribution in [0.1, 0.15) is 0 Å². The summed E-state index contributed by atoms with van der Waals surface area (Å²) in [5.41, 5.74) is 11.5. The van der Waals surface area contributed by atoms with E-state index in [-0.39, 0.29) is 0 Å². The van der Waals surface area contributed by atoms with E-state index in [0.29, 0.717) is 0 Å². The number of para-hydroxylation sites is 4. The second kappa shape index (κ2) is 11.8. The highest BCUT2D eigenvalue weighted by atomic mass is 28.3. The molecule has 13 rings (SSSR count). The van der Waals surface area contributed by atoms with Crippen LogP contribution in [0.5, 0.6) is 0 Å². The summed E-state index contributed by atoms with van der Waals surface area (Å²) >= 11 is 0. The minimum atomic E-state index is -2.68. The Labute approximate surface area is 335 Å². The van der Waals surface area contributed by atoms with Crippen molar-refractivity contribution < 1.29 is 4.42 Å². The summed E-state index contributed by atoms with van der Waals surface area (Å²) in [6, 6.07) is 76.4. The number of hydrogen-bond donors (Lipinski definition) is 0. The number of furan rings is 1. The van der Waals surface area contributed by atoms with Crippen molar-refractivity contribution in [1.82, 2.24) is 9.13 Å². The third-order valence-corrected chi connectivity index (χ3v) is 17.6. The van der Waals surface area contributed by atoms with Gasteiger partial charge in [-0.15, -0.1) is 0 Å². The lowest BCUT2D eigenvalue weighted by atomic mass is 10.0. The molecule has 1 aliphatic heterocycles. The summed E-state index contributed by atoms with van der Waals surface area (Å²) in [5, 5.41) is 13.0. The fourth-order valence-corrected chi connectivity index (χ4v) is 15.5. The van der Waals surface area contributed by atoms with Crippen LogP contribution in [-0.2, 0) is 0 Å². The monoisotopic (exact) mass is 754 g/mol. The molecule has 0 unspecified atom stereocenters. The summed E-state index contributed by atoms with van der Waals surface area (Å²) < 4.78 is 11.3. The maximum absolute atomic E-state index is 6.34. The Morgan fingerprint density at radius 1 is 0.345 bits per heavy atom. The third kappa shape index (κ3) is 4.16. The lowest BCUT2D eigenvalue weighted by molar-refractivity contribution is 0.668. The van der Waals surface area contributed by atoms with Gasteiger partial charge in [0.1, 0.15) is 11.2 Å². The van der Waals surface area contributed by atoms with Gasteiger partial charge in [-0.05, 0) is 80.4 Å². The number of rotatable bonds is 4. The van der Waals surface area contributed by atoms with Gasteiger partial charge in [-0.3, -0.25) is 0 Å². The van der Waals surface area contributed by atoms with Gasteiger partial charge in [-0.2, -0.15) is 0 Å². The molecule has 0 fully saturated rings. The minimum Gasteiger partial charge on any atom is -0.456 e. The number of benzene rings is 9. The average Bonchev–Trinajstić information content (AvgIpc) is 3.95. The summed E-state index contributed by atoms with van der Waals surface area (Å²) in [4.78, 5) is 0. The molecule has 0 atom stereocenters. The van der Waals surface area contributed by atoms with Crippen molar-refractivity contribution in [1.29, 1.82) is 0 Å². The highest BCUT2D eigenvalue weighted by Gasteiger charge is 2.47. The van der Waals surface area contributed by atoms with Gasteiger partial charge in [0.15, 0.2) is 8.07 Å². The molecule has 0 saturated heterocycles. The van der Waals surface area contributed by atoms with Crippen molar-refractivity contribution in [3.63, 3.8) is 0 Å². The maximum atomic E-state index is 6.34. The van der Waals surface area contributed by atoms with Crippen LogP contribution in [0.15, 0.2) is 211 Å². The Hall–Kier alpha value is -7.40. The molecule has 0 bridgehead atoms. The first-order chi connectivity index (χ1) is 28.8. The van der Waals surface area contributed by atoms with E-state index in [1.54, 1.807) is 0 Å². The van der Waals surface area contributed by atoms with E-state index in [9.17, 15) is 0 Å². The first-order valence-electron chi connectivity index (χ1n) is 20.0. The number of fused-ring (bicyclic) bond motifs is 11. The zero-order valence-electron chi connectivity index (χ0n) is 31.4. The van der Waals surface area contributed by atoms with Crippen molar-refractivity contribution in [2.45, 2.75) is 0 Å². The molecule has 9 aromatic carbocycles. The molecule has 0 aliphatic carbocycles. The SMILES string of the molecule is c1ccc([Si]2(c3ccccc3)c3ccccc3-n3c4cc(-c5ccc6c(c5)c5ccccc5n6-c5ccc6c(c5)oc5ccccc56)ccc4c4cccc2c43)cc1. The van der Waals surface area contributed by atoms with Crippen molar-refractivity contribution >= 4 is 94.4 Å². The van der Waals surface area contributed by atoms with E-state index in [0.717, 1.165) is 27.6 Å². The van der Waals surface area contributed by atoms with Crippen LogP contribution in [-0.4, -0.2) is 17.2 Å². The second-order valence-corrected chi connectivity index (χ2v) is 19.4. The average molecular weight is 755 g/mol. The molecule has 3 aromatic heterocycles. The van der Waals surface area contributed by atoms with Crippen molar-refractivity contribution in [3.05, 3.63) is 206 Å². The second-order valence-electron chi connectivity index (χ2n) is 15.6. The Morgan fingerprint density at radius 2 is 0.948 bits per heavy atom. The maximum Gasteiger partial charge on any atom is 0.184 e. The van der Waals surface area contributed by atoms with E-state index in [2.05, 4.69) is 203 Å². The molecule has 12 aromatic rings. The van der Waals surface area contributed by atoms with Crippen molar-refractivity contribution in [2.24, 2.45) is 0 Å². The van der Waals surface area contributed by atoms with Gasteiger partial charge in [0.25, 0.3) is 0 Å². The Morgan fingerprint density at radius 3 is 1.79 bits per heavy atom. The largest absolute Gasteiger partial charge is 0.456 e. The van der Waals surface area contributed by atoms with E-state index in [1.807, 2.05) is 12.1 Å². The van der Waals surface area contributed by atoms with Crippen LogP contribution >= 0.6 is 0 Å². The van der Waals surface area contributed by atoms with Crippen molar-refractivity contribution in [3.8, 4) is 22.5 Å². The summed E-state index contributed by atoms with van der Waals surface area (Å²) in [6.07, 6.45) is 0. The van der Waals surface area contributed by atoms with Crippen LogP contribution in [0.25, 0.3) is 88.1 Å². The van der Waals surface area contributed by atoms with Crippen LogP contribution in [0, 0.1) is 0 Å². The van der Waals surface area contributed by atoms with Crippen LogP contribution in [0.3, 0.4) is 0 Å². The van der Waals surface area contributed by atoms with Crippen LogP contribution in [0.4, 0.5) is 0 Å². The molecule has 0 amide bonds. The normalized spacial score (nSPS) is 13.3. The highest BCUT2D eigenvalue weighted by molar-refractivity contribution is 7.21. The van der Waals surface area contributed by atoms with Crippen molar-refractivity contribution in [2.75, 3.05) is 0 Å². The van der Waals surface area contributed by atoms with Crippen LogP contribution in [0.2, 0.25) is 0 Å². The van der Waals surface area contributed by atoms with E-state index < -0.39 is 8.07 Å². The summed E-state index contributed by atoms with van der Waals surface area (Å²) in [7, 11) is -2.68. The van der Waals surface area contributed by atoms with E-state index >= 15 is 0 Å². The number of nitrogens with zero attached hydrogens (tertiary/aromatic N) is 2. The molecule has 270 valence electrons. The van der Waals surface area contributed by atoms with E-state index in [1.165, 1.54) is 81.2 Å². The van der Waals surface area contributed by atoms with Gasteiger partial charge in [0, 0.05) is 49.8 Å². The lowest BCUT2D eigenvalue weighted by Crippen LogP contribution is -2.76. The molecule has 0 N–H and O–H groups in total. The molecule has 0 saturated carbocycles. The van der Waals surface area contributed by atoms with Gasteiger partial charge in [0.2, 0.25) is 0 Å². The number of aromatic nitrogens is 2. The minimum absolute atomic E-state index is 0.898. The molecule has 3 nitrogen and oxygen atoms in total. The predicted octanol–water partition coefficient (Wildman–Crippen LogP) is 11.1. The first kappa shape index (κ1) is 31.8. The van der Waals surface area contributed by atoms with Gasteiger partial charge in [-0.25, -0.2) is 0 Å². The highest BCUT2D eigenvalue weighted by Crippen LogP contribution is 2.40. The van der Waals surface area contributed by atoms with Gasteiger partial charge in [0.05, 0.1) is 22.1 Å². The fraction of sp³-hybridized carbons (Fsp3) is 0. The van der Waals surface area contributed by atoms with E-state index in [4.69, 9.17) is 4.42 Å². The third-order valence-electron chi connectivity index (χ3n) is 12.8. The Bertz CT molecular complexity index is 3590. The molecule has 4 heteroatoms. The lowest BCUT2D eigenvalue weighted by Gasteiger charge is -2.39. The first-order valence-corrected chi connectivity index (χ1v) is 22.0. The summed E-state index contributed by atoms with van der Waals surface area (Å²) in [6.45, 7) is 0. The molecular formula is C54H34N2OSi. The van der Waals surface area contributed by atoms with Crippen LogP contribution < -0.4 is 20.7 Å². The molecular weight excluding hydrogens is 721 g/mol. The van der Waals surface area contributed by atoms with Gasteiger partial charge < -0.3 is 13.6 Å². The van der Waals surface area contributed by atoms with Gasteiger partial charge >= 0.3 is 0 Å². The Balaban J connectivity index is 1.03. The summed E-state index contributed by atoms with van der Waals surface area (Å²) in [5.74, 6) is 0. The quantitative estimate of drug-likeness (QED) is 0.164. The molecule has 1 aliphatic rings. The number of hydrogen-bond acceptors (Lipinski definition) is 1.